The van der Waals surface area contributed by atoms with Gasteiger partial charge in [-0.3, -0.25) is 9.59 Å². The Hall–Kier alpha value is -3.47. The molecule has 65 heavy (non-hydrogen) atoms. The van der Waals surface area contributed by atoms with Crippen LogP contribution in [0.1, 0.15) is 79.1 Å². The second-order valence-corrected chi connectivity index (χ2v) is 17.5. The lowest BCUT2D eigenvalue weighted by molar-refractivity contribution is -0.306. The van der Waals surface area contributed by atoms with Crippen LogP contribution in [0.25, 0.3) is 0 Å². The molecule has 0 aromatic heterocycles. The lowest BCUT2D eigenvalue weighted by atomic mass is 9.82. The fraction of sp³-hybridized carbons (Fsp3) is 0.660. The van der Waals surface area contributed by atoms with E-state index in [1.165, 1.54) is 19.1 Å². The Morgan fingerprint density at radius 1 is 0.708 bits per heavy atom. The summed E-state index contributed by atoms with van der Waals surface area (Å²) in [6.45, 7) is 6.67. The topological polar surface area (TPSA) is 299 Å². The van der Waals surface area contributed by atoms with E-state index in [-0.39, 0.29) is 31.6 Å². The van der Waals surface area contributed by atoms with Crippen molar-refractivity contribution in [3.8, 4) is 0 Å². The van der Waals surface area contributed by atoms with Crippen molar-refractivity contribution in [2.45, 2.75) is 177 Å². The number of carbonyl (C=O) groups excluding carboxylic acids is 1. The van der Waals surface area contributed by atoms with Crippen LogP contribution in [-0.4, -0.2) is 161 Å². The highest BCUT2D eigenvalue weighted by Gasteiger charge is 2.51. The Kier molecular flexibility index (Phi) is 23.5. The van der Waals surface area contributed by atoms with Crippen LogP contribution in [0.15, 0.2) is 85.1 Å². The molecular formula is C47H72FNO16. The predicted octanol–water partition coefficient (Wildman–Crippen LogP) is 1.69. The van der Waals surface area contributed by atoms with Gasteiger partial charge in [0.05, 0.1) is 79.6 Å². The summed E-state index contributed by atoms with van der Waals surface area (Å²) in [6.07, 6.45) is 1.93. The van der Waals surface area contributed by atoms with Gasteiger partial charge in [0, 0.05) is 37.5 Å². The molecule has 3 aliphatic heterocycles. The number of hydrogen-bond acceptors (Lipinski definition) is 16. The molecule has 3 heterocycles. The first-order valence-corrected chi connectivity index (χ1v) is 22.3. The maximum atomic E-state index is 15.3. The molecule has 0 amide bonds. The number of cyclic esters (lactones) is 1. The number of carboxylic acid groups (broad SMARTS) is 1. The molecule has 0 aromatic rings. The molecule has 0 aliphatic carbocycles. The van der Waals surface area contributed by atoms with E-state index >= 15 is 4.39 Å². The van der Waals surface area contributed by atoms with Gasteiger partial charge in [-0.1, -0.05) is 98.9 Å². The van der Waals surface area contributed by atoms with Gasteiger partial charge in [0.25, 0.3) is 0 Å². The van der Waals surface area contributed by atoms with Gasteiger partial charge in [0.2, 0.25) is 0 Å². The maximum absolute atomic E-state index is 15.3. The molecule has 2 fully saturated rings. The smallest absolute Gasteiger partial charge is 0.311 e. The van der Waals surface area contributed by atoms with E-state index in [2.05, 4.69) is 0 Å². The second kappa shape index (κ2) is 27.4. The van der Waals surface area contributed by atoms with Gasteiger partial charge >= 0.3 is 11.9 Å². The number of carbonyl (C=O) groups is 2. The summed E-state index contributed by atoms with van der Waals surface area (Å²) in [5, 5.41) is 107. The van der Waals surface area contributed by atoms with Gasteiger partial charge in [-0.25, -0.2) is 4.39 Å². The molecule has 18 heteroatoms. The first-order chi connectivity index (χ1) is 30.6. The van der Waals surface area contributed by atoms with E-state index in [4.69, 9.17) is 24.7 Å². The highest BCUT2D eigenvalue weighted by molar-refractivity contribution is 5.71. The summed E-state index contributed by atoms with van der Waals surface area (Å²) >= 11 is 0. The number of alkyl halides is 1. The highest BCUT2D eigenvalue weighted by Crippen LogP contribution is 2.38. The zero-order chi connectivity index (χ0) is 48.4. The molecule has 2 saturated heterocycles. The fourth-order valence-electron chi connectivity index (χ4n) is 7.94. The van der Waals surface area contributed by atoms with Crippen LogP contribution in [-0.2, 0) is 28.5 Å². The third kappa shape index (κ3) is 18.6. The molecule has 12 N–H and O–H groups in total. The predicted molar refractivity (Wildman–Crippen MR) is 236 cm³/mol. The molecule has 12 unspecified atom stereocenters. The molecule has 19 atom stereocenters. The van der Waals surface area contributed by atoms with Crippen molar-refractivity contribution in [1.29, 1.82) is 0 Å². The van der Waals surface area contributed by atoms with Gasteiger partial charge in [0.15, 0.2) is 18.2 Å². The van der Waals surface area contributed by atoms with E-state index in [1.54, 1.807) is 80.7 Å². The summed E-state index contributed by atoms with van der Waals surface area (Å²) in [4.78, 5) is 25.1. The third-order valence-electron chi connectivity index (χ3n) is 12.0. The maximum Gasteiger partial charge on any atom is 0.311 e. The van der Waals surface area contributed by atoms with Crippen molar-refractivity contribution in [3.63, 3.8) is 0 Å². The lowest BCUT2D eigenvalue weighted by Gasteiger charge is -2.45. The number of aliphatic hydroxyl groups excluding tert-OH is 8. The average molecular weight is 926 g/mol. The second-order valence-electron chi connectivity index (χ2n) is 17.5. The lowest BCUT2D eigenvalue weighted by Crippen LogP contribution is -2.60. The van der Waals surface area contributed by atoms with Crippen molar-refractivity contribution in [2.75, 3.05) is 0 Å². The van der Waals surface area contributed by atoms with Crippen molar-refractivity contribution < 1.29 is 84.0 Å². The summed E-state index contributed by atoms with van der Waals surface area (Å²) in [6, 6.07) is -1.37. The highest BCUT2D eigenvalue weighted by atomic mass is 19.1. The Morgan fingerprint density at radius 3 is 1.86 bits per heavy atom. The van der Waals surface area contributed by atoms with Gasteiger partial charge in [0.1, 0.15) is 12.0 Å². The zero-order valence-electron chi connectivity index (χ0n) is 37.5. The molecular weight excluding hydrogens is 854 g/mol. The quantitative estimate of drug-likeness (QED) is 0.180. The molecule has 3 rings (SSSR count). The van der Waals surface area contributed by atoms with E-state index < -0.39 is 147 Å². The first-order valence-electron chi connectivity index (χ1n) is 22.3. The van der Waals surface area contributed by atoms with E-state index in [0.29, 0.717) is 0 Å². The van der Waals surface area contributed by atoms with Crippen LogP contribution in [0.5, 0.6) is 0 Å². The summed E-state index contributed by atoms with van der Waals surface area (Å²) in [5.41, 5.74) is 5.89. The van der Waals surface area contributed by atoms with Gasteiger partial charge in [-0.15, -0.1) is 0 Å². The molecule has 17 nitrogen and oxygen atoms in total. The largest absolute Gasteiger partial charge is 0.481 e. The number of allylic oxidation sites excluding steroid dienone is 12. The Labute approximate surface area is 380 Å². The van der Waals surface area contributed by atoms with Crippen LogP contribution < -0.4 is 5.73 Å². The summed E-state index contributed by atoms with van der Waals surface area (Å²) < 4.78 is 38.2. The number of aliphatic carboxylic acids is 1. The van der Waals surface area contributed by atoms with Crippen molar-refractivity contribution >= 4 is 11.9 Å². The Balaban J connectivity index is 1.86. The normalized spacial score (nSPS) is 45.5. The SMILES string of the molecule is C[C@@H]1OC(=O)CC(O)CC(O)CCC(O)C(O)CC(O)CC2(O)C[C@H](O)C(C(=O)O)[C@H](CC(OC3O[C@H](C)C(O)[C@H](N)C3F)/C=C/C=C/C=C/C=C/C=C/C=C/C=C/[C@H](C)C(O)[C@H]1C)O2. The number of ether oxygens (including phenoxy) is 4. The zero-order valence-corrected chi connectivity index (χ0v) is 37.5. The number of rotatable bonds is 3. The number of aliphatic hydroxyl groups is 9. The van der Waals surface area contributed by atoms with Crippen LogP contribution in [0.4, 0.5) is 4.39 Å². The molecule has 0 spiro atoms. The van der Waals surface area contributed by atoms with E-state index in [0.717, 1.165) is 0 Å². The van der Waals surface area contributed by atoms with Gasteiger partial charge < -0.3 is 75.7 Å². The molecule has 0 radical (unpaired) electrons. The molecule has 0 saturated carbocycles. The third-order valence-corrected chi connectivity index (χ3v) is 12.0. The number of halogens is 1. The number of hydrogen-bond donors (Lipinski definition) is 11. The van der Waals surface area contributed by atoms with E-state index in [1.807, 2.05) is 13.0 Å². The number of carboxylic acids is 1. The minimum Gasteiger partial charge on any atom is -0.481 e. The van der Waals surface area contributed by atoms with Crippen molar-refractivity contribution in [1.82, 2.24) is 0 Å². The van der Waals surface area contributed by atoms with Crippen LogP contribution >= 0.6 is 0 Å². The number of fused-ring (bicyclic) bond motifs is 2. The monoisotopic (exact) mass is 925 g/mol. The number of esters is 1. The van der Waals surface area contributed by atoms with Crippen LogP contribution in [0.2, 0.25) is 0 Å². The minimum absolute atomic E-state index is 0.115. The minimum atomic E-state index is -2.35. The van der Waals surface area contributed by atoms with E-state index in [9.17, 15) is 60.7 Å². The Bertz CT molecular complexity index is 1670. The van der Waals surface area contributed by atoms with Crippen LogP contribution in [0.3, 0.4) is 0 Å². The first kappa shape index (κ1) is 55.9. The van der Waals surface area contributed by atoms with Gasteiger partial charge in [-0.2, -0.15) is 0 Å². The van der Waals surface area contributed by atoms with Gasteiger partial charge in [-0.05, 0) is 33.1 Å². The molecule has 3 aliphatic rings. The van der Waals surface area contributed by atoms with Crippen molar-refractivity contribution in [3.05, 3.63) is 85.1 Å². The summed E-state index contributed by atoms with van der Waals surface area (Å²) in [7, 11) is 0. The summed E-state index contributed by atoms with van der Waals surface area (Å²) in [5.74, 6) is -6.92. The average Bonchev–Trinajstić information content (AvgIpc) is 3.21. The van der Waals surface area contributed by atoms with Crippen LogP contribution in [0, 0.1) is 17.8 Å². The molecule has 2 bridgehead atoms. The fourth-order valence-corrected chi connectivity index (χ4v) is 7.94. The standard InChI is InChI=1S/C47H72FNO16/c1-27-17-15-13-11-9-7-5-6-8-10-12-14-16-18-34(64-46-41(48)42(49)44(58)30(4)63-46)24-38-40(45(59)60)37(55)26-47(61,65-38)25-33(52)22-36(54)35(53)20-19-31(50)21-32(51)23-39(56)62-29(3)28(2)43(27)57/h5-18,27-38,40-44,46,50-55,57-58,61H,19-26,49H2,1-4H3,(H,59,60)/b6-5+,9-7+,10-8+,13-11+,14-12+,17-15+,18-16+/t27-,28-,29-,30+,31?,32?,33?,34?,35?,36?,37-,38-,40?,41?,42+,43?,44?,46?,47?/m0/s1. The molecule has 368 valence electrons. The Morgan fingerprint density at radius 2 is 1.28 bits per heavy atom. The number of nitrogens with two attached hydrogens (primary N) is 1. The molecule has 0 aromatic carbocycles. The van der Waals surface area contributed by atoms with Crippen molar-refractivity contribution in [2.24, 2.45) is 23.5 Å².